The van der Waals surface area contributed by atoms with Crippen molar-refractivity contribution in [2.24, 2.45) is 5.92 Å². The molecular weight excluding hydrogens is 349 g/mol. The van der Waals surface area contributed by atoms with Gasteiger partial charge in [-0.05, 0) is 30.5 Å². The third-order valence-electron chi connectivity index (χ3n) is 4.55. The summed E-state index contributed by atoms with van der Waals surface area (Å²) in [7, 11) is 1.33. The van der Waals surface area contributed by atoms with Crippen molar-refractivity contribution in [3.8, 4) is 0 Å². The Bertz CT molecular complexity index is 770. The first-order chi connectivity index (χ1) is 11.4. The molecule has 0 radical (unpaired) electrons. The fourth-order valence-corrected chi connectivity index (χ4v) is 3.77. The van der Waals surface area contributed by atoms with Gasteiger partial charge in [-0.15, -0.1) is 0 Å². The fraction of sp³-hybridized carbons (Fsp3) is 0.333. The molecule has 1 aromatic rings. The monoisotopic (exact) mass is 365 g/mol. The Kier molecular flexibility index (Phi) is 4.70. The van der Waals surface area contributed by atoms with Gasteiger partial charge < -0.3 is 10.1 Å². The Morgan fingerprint density at radius 3 is 2.71 bits per heavy atom. The summed E-state index contributed by atoms with van der Waals surface area (Å²) in [4.78, 5) is 25.0. The average Bonchev–Trinajstić information content (AvgIpc) is 2.55. The van der Waals surface area contributed by atoms with E-state index in [1.54, 1.807) is 18.2 Å². The molecule has 1 heterocycles. The number of halogens is 2. The van der Waals surface area contributed by atoms with Crippen LogP contribution in [0.15, 0.2) is 41.7 Å². The lowest BCUT2D eigenvalue weighted by Crippen LogP contribution is -2.40. The lowest BCUT2D eigenvalue weighted by Gasteiger charge is -2.38. The fourth-order valence-electron chi connectivity index (χ4n) is 3.46. The number of Topliss-reactive ketones (excluding diaryl/α,β-unsaturated/α-hetero) is 1. The van der Waals surface area contributed by atoms with Gasteiger partial charge in [0.25, 0.3) is 0 Å². The van der Waals surface area contributed by atoms with Crippen molar-refractivity contribution >= 4 is 35.0 Å². The van der Waals surface area contributed by atoms with Gasteiger partial charge in [-0.25, -0.2) is 0 Å². The number of ketones is 1. The number of benzene rings is 1. The van der Waals surface area contributed by atoms with E-state index in [0.29, 0.717) is 27.7 Å². The maximum atomic E-state index is 12.6. The van der Waals surface area contributed by atoms with Crippen molar-refractivity contribution in [1.29, 1.82) is 0 Å². The second kappa shape index (κ2) is 6.61. The highest BCUT2D eigenvalue weighted by molar-refractivity contribution is 6.42. The highest BCUT2D eigenvalue weighted by atomic mass is 35.5. The molecule has 2 aliphatic rings. The number of carbonyl (C=O) groups excluding carboxylic acids is 2. The summed E-state index contributed by atoms with van der Waals surface area (Å²) in [6.07, 6.45) is 2.01. The molecule has 0 bridgehead atoms. The highest BCUT2D eigenvalue weighted by Gasteiger charge is 2.43. The van der Waals surface area contributed by atoms with Crippen LogP contribution in [0.2, 0.25) is 10.0 Å². The topological polar surface area (TPSA) is 55.4 Å². The van der Waals surface area contributed by atoms with Crippen molar-refractivity contribution in [2.75, 3.05) is 7.11 Å². The van der Waals surface area contributed by atoms with Crippen molar-refractivity contribution in [3.63, 3.8) is 0 Å². The highest BCUT2D eigenvalue weighted by Crippen LogP contribution is 2.45. The molecule has 3 rings (SSSR count). The van der Waals surface area contributed by atoms with Gasteiger partial charge in [0.1, 0.15) is 5.92 Å². The van der Waals surface area contributed by atoms with E-state index in [4.69, 9.17) is 27.9 Å². The number of hydrogen-bond acceptors (Lipinski definition) is 4. The summed E-state index contributed by atoms with van der Waals surface area (Å²) in [5.74, 6) is -1.55. The van der Waals surface area contributed by atoms with E-state index in [1.165, 1.54) is 7.11 Å². The van der Waals surface area contributed by atoms with Gasteiger partial charge in [-0.1, -0.05) is 35.8 Å². The van der Waals surface area contributed by atoms with Crippen molar-refractivity contribution in [3.05, 3.63) is 57.4 Å². The normalized spacial score (nSPS) is 23.6. The number of hydrogen-bond donors (Lipinski definition) is 1. The minimum Gasteiger partial charge on any atom is -0.468 e. The Balaban J connectivity index is 2.19. The number of allylic oxidation sites excluding steroid dienone is 2. The number of nitrogens with one attached hydrogen (secondary N) is 1. The van der Waals surface area contributed by atoms with E-state index in [1.807, 2.05) is 0 Å². The van der Waals surface area contributed by atoms with Gasteiger partial charge in [0.15, 0.2) is 5.78 Å². The molecule has 24 heavy (non-hydrogen) atoms. The number of ether oxygens (including phenoxy) is 1. The molecule has 2 atom stereocenters. The Morgan fingerprint density at radius 1 is 1.29 bits per heavy atom. The third-order valence-corrected chi connectivity index (χ3v) is 5.28. The standard InChI is InChI=1S/C18H17Cl2NO3/c1-9-15(18(23)24-2)16(10-6-7-11(19)12(20)8-10)17-13(21-9)4-3-5-14(17)22/h6-8,15-16,21H,1,3-5H2,2H3. The van der Waals surface area contributed by atoms with Crippen LogP contribution in [-0.2, 0) is 14.3 Å². The van der Waals surface area contributed by atoms with Crippen molar-refractivity contribution in [1.82, 2.24) is 5.32 Å². The van der Waals surface area contributed by atoms with Crippen LogP contribution in [0.3, 0.4) is 0 Å². The molecule has 1 aliphatic heterocycles. The van der Waals surface area contributed by atoms with E-state index in [2.05, 4.69) is 11.9 Å². The van der Waals surface area contributed by atoms with E-state index < -0.39 is 17.8 Å². The lowest BCUT2D eigenvalue weighted by molar-refractivity contribution is -0.144. The smallest absolute Gasteiger partial charge is 0.315 e. The zero-order valence-electron chi connectivity index (χ0n) is 13.2. The first-order valence-corrected chi connectivity index (χ1v) is 8.44. The molecule has 126 valence electrons. The predicted octanol–water partition coefficient (Wildman–Crippen LogP) is 3.99. The third kappa shape index (κ3) is 2.85. The van der Waals surface area contributed by atoms with E-state index in [9.17, 15) is 9.59 Å². The van der Waals surface area contributed by atoms with Gasteiger partial charge in [-0.3, -0.25) is 9.59 Å². The number of carbonyl (C=O) groups is 2. The summed E-state index contributed by atoms with van der Waals surface area (Å²) in [6, 6.07) is 5.17. The van der Waals surface area contributed by atoms with E-state index >= 15 is 0 Å². The predicted molar refractivity (Wildman–Crippen MR) is 92.9 cm³/mol. The second-order valence-corrected chi connectivity index (χ2v) is 6.79. The molecule has 6 heteroatoms. The van der Waals surface area contributed by atoms with Crippen molar-refractivity contribution < 1.29 is 14.3 Å². The summed E-state index contributed by atoms with van der Waals surface area (Å²) >= 11 is 12.2. The van der Waals surface area contributed by atoms with Crippen LogP contribution in [0.5, 0.6) is 0 Å². The lowest BCUT2D eigenvalue weighted by atomic mass is 9.71. The van der Waals surface area contributed by atoms with Gasteiger partial charge in [-0.2, -0.15) is 0 Å². The first kappa shape index (κ1) is 17.1. The quantitative estimate of drug-likeness (QED) is 0.805. The van der Waals surface area contributed by atoms with Gasteiger partial charge in [0.05, 0.1) is 17.2 Å². The molecular formula is C18H17Cl2NO3. The van der Waals surface area contributed by atoms with Crippen LogP contribution in [0, 0.1) is 5.92 Å². The van der Waals surface area contributed by atoms with Crippen LogP contribution in [0.25, 0.3) is 0 Å². The summed E-state index contributed by atoms with van der Waals surface area (Å²) in [6.45, 7) is 3.98. The Morgan fingerprint density at radius 2 is 2.04 bits per heavy atom. The molecule has 0 saturated carbocycles. The van der Waals surface area contributed by atoms with Gasteiger partial charge in [0.2, 0.25) is 0 Å². The zero-order chi connectivity index (χ0) is 17.4. The van der Waals surface area contributed by atoms with Crippen molar-refractivity contribution in [2.45, 2.75) is 25.2 Å². The molecule has 1 N–H and O–H groups in total. The molecule has 0 fully saturated rings. The molecule has 0 spiro atoms. The average molecular weight is 366 g/mol. The van der Waals surface area contributed by atoms with Crippen LogP contribution in [0.1, 0.15) is 30.7 Å². The van der Waals surface area contributed by atoms with E-state index in [0.717, 1.165) is 24.1 Å². The maximum Gasteiger partial charge on any atom is 0.315 e. The van der Waals surface area contributed by atoms with Crippen LogP contribution >= 0.6 is 23.2 Å². The zero-order valence-corrected chi connectivity index (χ0v) is 14.7. The summed E-state index contributed by atoms with van der Waals surface area (Å²) < 4.78 is 4.95. The minimum absolute atomic E-state index is 0.0428. The van der Waals surface area contributed by atoms with Crippen LogP contribution < -0.4 is 5.32 Å². The largest absolute Gasteiger partial charge is 0.468 e. The Hall–Kier alpha value is -1.78. The second-order valence-electron chi connectivity index (χ2n) is 5.97. The number of rotatable bonds is 2. The van der Waals surface area contributed by atoms with Gasteiger partial charge in [0, 0.05) is 29.3 Å². The summed E-state index contributed by atoms with van der Waals surface area (Å²) in [5.41, 5.74) is 2.76. The van der Waals surface area contributed by atoms with E-state index in [-0.39, 0.29) is 5.78 Å². The molecule has 0 amide bonds. The minimum atomic E-state index is -0.687. The molecule has 1 aromatic carbocycles. The summed E-state index contributed by atoms with van der Waals surface area (Å²) in [5, 5.41) is 3.95. The molecule has 1 aliphatic carbocycles. The molecule has 2 unspecified atom stereocenters. The van der Waals surface area contributed by atoms with Crippen LogP contribution in [0.4, 0.5) is 0 Å². The Labute approximate surface area is 150 Å². The first-order valence-electron chi connectivity index (χ1n) is 7.69. The maximum absolute atomic E-state index is 12.6. The molecule has 4 nitrogen and oxygen atoms in total. The molecule has 0 saturated heterocycles. The SMILES string of the molecule is C=C1NC2=C(C(=O)CCC2)C(c2ccc(Cl)c(Cl)c2)C1C(=O)OC. The van der Waals surface area contributed by atoms with Crippen LogP contribution in [-0.4, -0.2) is 18.9 Å². The van der Waals surface area contributed by atoms with Gasteiger partial charge >= 0.3 is 5.97 Å². The number of methoxy groups -OCH3 is 1. The number of esters is 1. The molecule has 0 aromatic heterocycles.